The van der Waals surface area contributed by atoms with E-state index in [-0.39, 0.29) is 11.2 Å². The molecule has 3 nitrogen and oxygen atoms in total. The zero-order chi connectivity index (χ0) is 19.2. The summed E-state index contributed by atoms with van der Waals surface area (Å²) in [6.45, 7) is 8.38. The van der Waals surface area contributed by atoms with Gasteiger partial charge in [-0.15, -0.1) is 0 Å². The van der Waals surface area contributed by atoms with Gasteiger partial charge in [-0.3, -0.25) is 9.78 Å². The predicted molar refractivity (Wildman–Crippen MR) is 109 cm³/mol. The molecule has 1 aliphatic carbocycles. The lowest BCUT2D eigenvalue weighted by molar-refractivity contribution is 0.0911. The maximum atomic E-state index is 13.1. The molecule has 3 heteroatoms. The summed E-state index contributed by atoms with van der Waals surface area (Å²) in [6, 6.07) is 14.6. The largest absolute Gasteiger partial charge is 0.358 e. The summed E-state index contributed by atoms with van der Waals surface area (Å²) in [5, 5.41) is 0. The monoisotopic (exact) mass is 358 g/mol. The summed E-state index contributed by atoms with van der Waals surface area (Å²) in [5.41, 5.74) is 8.53. The fourth-order valence-electron chi connectivity index (χ4n) is 4.33. The van der Waals surface area contributed by atoms with Crippen LogP contribution in [0, 0.1) is 19.3 Å². The van der Waals surface area contributed by atoms with E-state index in [2.05, 4.69) is 60.2 Å². The second kappa shape index (κ2) is 6.49. The number of benzene rings is 1. The molecule has 0 aliphatic heterocycles. The number of carbonyl (C=O) groups is 1. The molecular weight excluding hydrogens is 332 g/mol. The molecule has 4 rings (SSSR count). The average molecular weight is 358 g/mol. The van der Waals surface area contributed by atoms with E-state index in [1.165, 1.54) is 5.56 Å². The van der Waals surface area contributed by atoms with Crippen LogP contribution in [0.25, 0.3) is 11.3 Å². The van der Waals surface area contributed by atoms with E-state index in [0.717, 1.165) is 52.3 Å². The number of aryl methyl sites for hydroxylation is 2. The zero-order valence-corrected chi connectivity index (χ0v) is 16.5. The number of ketones is 1. The van der Waals surface area contributed by atoms with Crippen molar-refractivity contribution in [3.8, 4) is 11.3 Å². The molecule has 0 amide bonds. The lowest BCUT2D eigenvalue weighted by atomic mass is 9.75. The molecule has 0 fully saturated rings. The molecule has 0 bridgehead atoms. The summed E-state index contributed by atoms with van der Waals surface area (Å²) in [5.74, 6) is 0.261. The van der Waals surface area contributed by atoms with Gasteiger partial charge in [-0.05, 0) is 48.9 Å². The predicted octanol–water partition coefficient (Wildman–Crippen LogP) is 5.44. The smallest absolute Gasteiger partial charge is 0.165 e. The third-order valence-corrected chi connectivity index (χ3v) is 5.35. The standard InChI is InChI=1S/C24H26N2O/c1-15-10-18(11-16(2)25-15)23-19(12-17-8-6-5-7-9-17)22-20(26-23)13-24(3,4)14-21(22)27/h5-11,26H,12-14H2,1-4H3. The number of carbonyl (C=O) groups excluding carboxylic acids is 1. The molecule has 27 heavy (non-hydrogen) atoms. The lowest BCUT2D eigenvalue weighted by Gasteiger charge is -2.28. The number of nitrogens with one attached hydrogen (secondary N) is 1. The van der Waals surface area contributed by atoms with Crippen molar-refractivity contribution >= 4 is 5.78 Å². The quantitative estimate of drug-likeness (QED) is 0.677. The van der Waals surface area contributed by atoms with E-state index in [0.29, 0.717) is 6.42 Å². The zero-order valence-electron chi connectivity index (χ0n) is 16.5. The third kappa shape index (κ3) is 3.46. The molecule has 2 heterocycles. The number of nitrogens with zero attached hydrogens (tertiary/aromatic N) is 1. The fourth-order valence-corrected chi connectivity index (χ4v) is 4.33. The van der Waals surface area contributed by atoms with Crippen LogP contribution in [-0.2, 0) is 12.8 Å². The number of Topliss-reactive ketones (excluding diaryl/α,β-unsaturated/α-hetero) is 1. The first-order valence-corrected chi connectivity index (χ1v) is 9.59. The molecule has 0 saturated carbocycles. The number of fused-ring (bicyclic) bond motifs is 1. The summed E-state index contributed by atoms with van der Waals surface area (Å²) in [4.78, 5) is 21.2. The van der Waals surface area contributed by atoms with E-state index in [1.807, 2.05) is 19.9 Å². The van der Waals surface area contributed by atoms with Gasteiger partial charge in [0.05, 0.1) is 5.69 Å². The van der Waals surface area contributed by atoms with Crippen molar-refractivity contribution in [1.82, 2.24) is 9.97 Å². The number of aromatic amines is 1. The Morgan fingerprint density at radius 3 is 2.37 bits per heavy atom. The number of H-pyrrole nitrogens is 1. The van der Waals surface area contributed by atoms with Crippen LogP contribution in [-0.4, -0.2) is 15.8 Å². The Kier molecular flexibility index (Phi) is 4.26. The van der Waals surface area contributed by atoms with E-state index >= 15 is 0 Å². The number of pyridine rings is 1. The van der Waals surface area contributed by atoms with Crippen LogP contribution >= 0.6 is 0 Å². The second-order valence-electron chi connectivity index (χ2n) is 8.57. The van der Waals surface area contributed by atoms with Crippen LogP contribution in [0.4, 0.5) is 0 Å². The van der Waals surface area contributed by atoms with E-state index in [4.69, 9.17) is 0 Å². The highest BCUT2D eigenvalue weighted by Crippen LogP contribution is 2.40. The normalized spacial score (nSPS) is 15.6. The van der Waals surface area contributed by atoms with Gasteiger partial charge in [0.15, 0.2) is 5.78 Å². The Morgan fingerprint density at radius 1 is 1.04 bits per heavy atom. The van der Waals surface area contributed by atoms with Crippen LogP contribution in [0.3, 0.4) is 0 Å². The van der Waals surface area contributed by atoms with Gasteiger partial charge in [0.1, 0.15) is 0 Å². The molecule has 0 unspecified atom stereocenters. The van der Waals surface area contributed by atoms with Gasteiger partial charge in [0, 0.05) is 41.1 Å². The summed E-state index contributed by atoms with van der Waals surface area (Å²) < 4.78 is 0. The summed E-state index contributed by atoms with van der Waals surface area (Å²) in [7, 11) is 0. The van der Waals surface area contributed by atoms with E-state index < -0.39 is 0 Å². The van der Waals surface area contributed by atoms with Gasteiger partial charge in [-0.25, -0.2) is 0 Å². The Labute approximate surface area is 160 Å². The molecule has 3 aromatic rings. The molecule has 0 radical (unpaired) electrons. The molecule has 0 saturated heterocycles. The first-order valence-electron chi connectivity index (χ1n) is 9.59. The fraction of sp³-hybridized carbons (Fsp3) is 0.333. The van der Waals surface area contributed by atoms with Crippen LogP contribution in [0.2, 0.25) is 0 Å². The highest BCUT2D eigenvalue weighted by molar-refractivity contribution is 6.02. The molecule has 2 aromatic heterocycles. The van der Waals surface area contributed by atoms with Gasteiger partial charge in [-0.1, -0.05) is 44.2 Å². The third-order valence-electron chi connectivity index (χ3n) is 5.35. The number of rotatable bonds is 3. The second-order valence-corrected chi connectivity index (χ2v) is 8.57. The summed E-state index contributed by atoms with van der Waals surface area (Å²) in [6.07, 6.45) is 2.26. The van der Waals surface area contributed by atoms with Gasteiger partial charge in [-0.2, -0.15) is 0 Å². The lowest BCUT2D eigenvalue weighted by Crippen LogP contribution is -2.27. The minimum absolute atomic E-state index is 0.000298. The van der Waals surface area contributed by atoms with Gasteiger partial charge in [0.25, 0.3) is 0 Å². The minimum atomic E-state index is 0.000298. The van der Waals surface area contributed by atoms with Crippen molar-refractivity contribution < 1.29 is 4.79 Å². The van der Waals surface area contributed by atoms with Crippen molar-refractivity contribution in [2.45, 2.75) is 47.0 Å². The number of aromatic nitrogens is 2. The molecule has 138 valence electrons. The van der Waals surface area contributed by atoms with E-state index in [9.17, 15) is 4.79 Å². The highest BCUT2D eigenvalue weighted by atomic mass is 16.1. The topological polar surface area (TPSA) is 45.8 Å². The van der Waals surface area contributed by atoms with Crippen molar-refractivity contribution in [3.63, 3.8) is 0 Å². The van der Waals surface area contributed by atoms with Crippen molar-refractivity contribution in [3.05, 3.63) is 76.2 Å². The molecule has 1 aromatic carbocycles. The Bertz CT molecular complexity index is 992. The first-order chi connectivity index (χ1) is 12.8. The Balaban J connectivity index is 1.91. The van der Waals surface area contributed by atoms with E-state index in [1.54, 1.807) is 0 Å². The van der Waals surface area contributed by atoms with Crippen molar-refractivity contribution in [2.75, 3.05) is 0 Å². The van der Waals surface area contributed by atoms with Crippen molar-refractivity contribution in [1.29, 1.82) is 0 Å². The van der Waals surface area contributed by atoms with Crippen LogP contribution < -0.4 is 0 Å². The van der Waals surface area contributed by atoms with Crippen LogP contribution in [0.1, 0.15) is 58.8 Å². The van der Waals surface area contributed by atoms with Crippen molar-refractivity contribution in [2.24, 2.45) is 5.41 Å². The van der Waals surface area contributed by atoms with Crippen LogP contribution in [0.5, 0.6) is 0 Å². The number of hydrogen-bond donors (Lipinski definition) is 1. The molecular formula is C24H26N2O. The number of hydrogen-bond acceptors (Lipinski definition) is 2. The minimum Gasteiger partial charge on any atom is -0.358 e. The van der Waals surface area contributed by atoms with Crippen LogP contribution in [0.15, 0.2) is 42.5 Å². The maximum absolute atomic E-state index is 13.1. The Morgan fingerprint density at radius 2 is 1.70 bits per heavy atom. The molecule has 1 aliphatic rings. The van der Waals surface area contributed by atoms with Gasteiger partial charge >= 0.3 is 0 Å². The molecule has 0 spiro atoms. The maximum Gasteiger partial charge on any atom is 0.165 e. The molecule has 0 atom stereocenters. The molecule has 1 N–H and O–H groups in total. The van der Waals surface area contributed by atoms with Gasteiger partial charge in [0.2, 0.25) is 0 Å². The van der Waals surface area contributed by atoms with Gasteiger partial charge < -0.3 is 4.98 Å². The first kappa shape index (κ1) is 17.7. The average Bonchev–Trinajstić information content (AvgIpc) is 2.92. The Hall–Kier alpha value is -2.68. The SMILES string of the molecule is Cc1cc(-c2[nH]c3c(c2Cc2ccccc2)C(=O)CC(C)(C)C3)cc(C)n1. The summed E-state index contributed by atoms with van der Waals surface area (Å²) >= 11 is 0. The highest BCUT2D eigenvalue weighted by Gasteiger charge is 2.35.